The largest absolute Gasteiger partial charge is 0.465 e. The van der Waals surface area contributed by atoms with E-state index >= 15 is 0 Å². The van der Waals surface area contributed by atoms with Gasteiger partial charge in [0.05, 0.1) is 6.04 Å². The smallest absolute Gasteiger partial charge is 0.407 e. The van der Waals surface area contributed by atoms with E-state index in [1.807, 2.05) is 20.8 Å². The Labute approximate surface area is 101 Å². The van der Waals surface area contributed by atoms with Crippen LogP contribution in [0.3, 0.4) is 0 Å². The minimum Gasteiger partial charge on any atom is -0.465 e. The number of amides is 2. The first-order valence-electron chi connectivity index (χ1n) is 5.75. The van der Waals surface area contributed by atoms with E-state index in [1.54, 1.807) is 4.90 Å². The third-order valence-corrected chi connectivity index (χ3v) is 3.06. The Balaban J connectivity index is 2.55. The molecule has 1 atom stereocenters. The lowest BCUT2D eigenvalue weighted by Gasteiger charge is -2.37. The van der Waals surface area contributed by atoms with Crippen LogP contribution in [0, 0.1) is 5.41 Å². The van der Waals surface area contributed by atoms with Crippen molar-refractivity contribution in [3.05, 3.63) is 0 Å². The van der Waals surface area contributed by atoms with Gasteiger partial charge in [0.15, 0.2) is 0 Å². The molecule has 0 radical (unpaired) electrons. The van der Waals surface area contributed by atoms with Gasteiger partial charge >= 0.3 is 6.09 Å². The normalized spacial score (nSPS) is 19.1. The van der Waals surface area contributed by atoms with Crippen LogP contribution in [0.25, 0.3) is 0 Å². The van der Waals surface area contributed by atoms with Crippen molar-refractivity contribution in [2.75, 3.05) is 26.2 Å². The van der Waals surface area contributed by atoms with Crippen molar-refractivity contribution in [2.24, 2.45) is 11.1 Å². The summed E-state index contributed by atoms with van der Waals surface area (Å²) < 4.78 is 0. The van der Waals surface area contributed by atoms with Crippen LogP contribution in [0.15, 0.2) is 0 Å². The first-order valence-corrected chi connectivity index (χ1v) is 5.75. The van der Waals surface area contributed by atoms with Crippen LogP contribution in [0.5, 0.6) is 0 Å². The van der Waals surface area contributed by atoms with E-state index in [1.165, 1.54) is 4.90 Å². The van der Waals surface area contributed by atoms with Gasteiger partial charge in [-0.2, -0.15) is 0 Å². The SMILES string of the molecule is CC(C)(C)[C@H](N)C(=O)N1CCN(C(=O)O)CC1. The second kappa shape index (κ2) is 4.91. The number of rotatable bonds is 1. The maximum absolute atomic E-state index is 12.1. The van der Waals surface area contributed by atoms with E-state index in [9.17, 15) is 9.59 Å². The molecule has 3 N–H and O–H groups in total. The summed E-state index contributed by atoms with van der Waals surface area (Å²) in [5.41, 5.74) is 5.62. The topological polar surface area (TPSA) is 86.9 Å². The van der Waals surface area contributed by atoms with Crippen molar-refractivity contribution in [1.29, 1.82) is 0 Å². The van der Waals surface area contributed by atoms with E-state index in [0.29, 0.717) is 26.2 Å². The molecule has 0 aliphatic carbocycles. The summed E-state index contributed by atoms with van der Waals surface area (Å²) in [7, 11) is 0. The van der Waals surface area contributed by atoms with Crippen LogP contribution < -0.4 is 5.73 Å². The number of carboxylic acid groups (broad SMARTS) is 1. The van der Waals surface area contributed by atoms with Crippen LogP contribution >= 0.6 is 0 Å². The fourth-order valence-corrected chi connectivity index (χ4v) is 1.69. The van der Waals surface area contributed by atoms with Gasteiger partial charge in [0, 0.05) is 26.2 Å². The molecule has 17 heavy (non-hydrogen) atoms. The fraction of sp³-hybridized carbons (Fsp3) is 0.818. The molecule has 0 bridgehead atoms. The van der Waals surface area contributed by atoms with Crippen LogP contribution in [-0.4, -0.2) is 59.1 Å². The Morgan fingerprint density at radius 3 is 1.88 bits per heavy atom. The maximum atomic E-state index is 12.1. The molecule has 1 saturated heterocycles. The second-order valence-corrected chi connectivity index (χ2v) is 5.44. The summed E-state index contributed by atoms with van der Waals surface area (Å²) in [6.45, 7) is 7.33. The van der Waals surface area contributed by atoms with E-state index in [4.69, 9.17) is 10.8 Å². The van der Waals surface area contributed by atoms with Gasteiger partial charge in [0.25, 0.3) is 0 Å². The van der Waals surface area contributed by atoms with Crippen LogP contribution in [0.2, 0.25) is 0 Å². The van der Waals surface area contributed by atoms with Gasteiger partial charge in [-0.3, -0.25) is 4.79 Å². The summed E-state index contributed by atoms with van der Waals surface area (Å²) >= 11 is 0. The minimum atomic E-state index is -0.933. The van der Waals surface area contributed by atoms with E-state index in [-0.39, 0.29) is 11.3 Å². The highest BCUT2D eigenvalue weighted by Crippen LogP contribution is 2.19. The highest BCUT2D eigenvalue weighted by Gasteiger charge is 2.33. The lowest BCUT2D eigenvalue weighted by Crippen LogP contribution is -2.56. The Bertz CT molecular complexity index is 304. The Kier molecular flexibility index (Phi) is 3.98. The van der Waals surface area contributed by atoms with Gasteiger partial charge in [-0.05, 0) is 5.41 Å². The molecule has 1 rings (SSSR count). The molecule has 2 amide bonds. The van der Waals surface area contributed by atoms with Gasteiger partial charge < -0.3 is 20.6 Å². The van der Waals surface area contributed by atoms with E-state index in [0.717, 1.165) is 0 Å². The molecule has 0 saturated carbocycles. The third kappa shape index (κ3) is 3.33. The molecule has 1 heterocycles. The summed E-state index contributed by atoms with van der Waals surface area (Å²) in [5, 5.41) is 8.80. The first-order chi connectivity index (χ1) is 7.73. The van der Waals surface area contributed by atoms with Crippen molar-refractivity contribution >= 4 is 12.0 Å². The zero-order valence-corrected chi connectivity index (χ0v) is 10.6. The molecule has 1 aliphatic rings. The van der Waals surface area contributed by atoms with Crippen LogP contribution in [0.4, 0.5) is 4.79 Å². The van der Waals surface area contributed by atoms with Crippen molar-refractivity contribution in [2.45, 2.75) is 26.8 Å². The van der Waals surface area contributed by atoms with E-state index < -0.39 is 12.1 Å². The Morgan fingerprint density at radius 1 is 1.12 bits per heavy atom. The molecule has 98 valence electrons. The number of piperazine rings is 1. The van der Waals surface area contributed by atoms with Crippen molar-refractivity contribution in [1.82, 2.24) is 9.80 Å². The molecule has 0 aromatic rings. The summed E-state index contributed by atoms with van der Waals surface area (Å²) in [5.74, 6) is -0.0949. The first kappa shape index (κ1) is 13.8. The summed E-state index contributed by atoms with van der Waals surface area (Å²) in [6.07, 6.45) is -0.933. The number of carbonyl (C=O) groups is 2. The molecule has 0 aromatic heterocycles. The number of carbonyl (C=O) groups excluding carboxylic acids is 1. The molecule has 6 heteroatoms. The standard InChI is InChI=1S/C11H21N3O3/c1-11(2,3)8(12)9(15)13-4-6-14(7-5-13)10(16)17/h8H,4-7,12H2,1-3H3,(H,16,17)/t8-/m1/s1. The molecule has 0 aromatic carbocycles. The summed E-state index contributed by atoms with van der Waals surface area (Å²) in [6, 6.07) is -0.543. The van der Waals surface area contributed by atoms with Crippen molar-refractivity contribution in [3.8, 4) is 0 Å². The summed E-state index contributed by atoms with van der Waals surface area (Å²) in [4.78, 5) is 25.7. The quantitative estimate of drug-likeness (QED) is 0.688. The molecule has 6 nitrogen and oxygen atoms in total. The zero-order valence-electron chi connectivity index (χ0n) is 10.6. The van der Waals surface area contributed by atoms with Gasteiger partial charge in [-0.1, -0.05) is 20.8 Å². The molecular formula is C11H21N3O3. The molecule has 1 fully saturated rings. The van der Waals surface area contributed by atoms with E-state index in [2.05, 4.69) is 0 Å². The lowest BCUT2D eigenvalue weighted by atomic mass is 9.86. The predicted octanol–water partition coefficient (Wildman–Crippen LogP) is 0.182. The highest BCUT2D eigenvalue weighted by molar-refractivity contribution is 5.82. The highest BCUT2D eigenvalue weighted by atomic mass is 16.4. The van der Waals surface area contributed by atoms with Crippen molar-refractivity contribution < 1.29 is 14.7 Å². The van der Waals surface area contributed by atoms with Crippen LogP contribution in [-0.2, 0) is 4.79 Å². The monoisotopic (exact) mass is 243 g/mol. The fourth-order valence-electron chi connectivity index (χ4n) is 1.69. The number of hydrogen-bond donors (Lipinski definition) is 2. The predicted molar refractivity (Wildman–Crippen MR) is 63.6 cm³/mol. The van der Waals surface area contributed by atoms with Gasteiger partial charge in [-0.25, -0.2) is 4.79 Å². The Morgan fingerprint density at radius 2 is 1.53 bits per heavy atom. The second-order valence-electron chi connectivity index (χ2n) is 5.44. The number of nitrogens with zero attached hydrogens (tertiary/aromatic N) is 2. The van der Waals surface area contributed by atoms with Gasteiger partial charge in [0.1, 0.15) is 0 Å². The molecule has 0 unspecified atom stereocenters. The average Bonchev–Trinajstić information content (AvgIpc) is 2.26. The lowest BCUT2D eigenvalue weighted by molar-refractivity contribution is -0.136. The third-order valence-electron chi connectivity index (χ3n) is 3.06. The minimum absolute atomic E-state index is 0.0949. The average molecular weight is 243 g/mol. The van der Waals surface area contributed by atoms with Crippen molar-refractivity contribution in [3.63, 3.8) is 0 Å². The molecule has 0 spiro atoms. The molecule has 1 aliphatic heterocycles. The number of hydrogen-bond acceptors (Lipinski definition) is 3. The maximum Gasteiger partial charge on any atom is 0.407 e. The Hall–Kier alpha value is -1.30. The number of nitrogens with two attached hydrogens (primary N) is 1. The van der Waals surface area contributed by atoms with Crippen LogP contribution in [0.1, 0.15) is 20.8 Å². The van der Waals surface area contributed by atoms with Gasteiger partial charge in [0.2, 0.25) is 5.91 Å². The zero-order chi connectivity index (χ0) is 13.2. The molecular weight excluding hydrogens is 222 g/mol. The van der Waals surface area contributed by atoms with Gasteiger partial charge in [-0.15, -0.1) is 0 Å².